The Morgan fingerprint density at radius 2 is 2.24 bits per heavy atom. The van der Waals surface area contributed by atoms with Crippen molar-refractivity contribution in [3.8, 4) is 0 Å². The lowest BCUT2D eigenvalue weighted by Gasteiger charge is -2.05. The van der Waals surface area contributed by atoms with E-state index in [2.05, 4.69) is 5.32 Å². The quantitative estimate of drug-likeness (QED) is 0.608. The molecule has 0 amide bonds. The van der Waals surface area contributed by atoms with Gasteiger partial charge in [-0.05, 0) is 44.0 Å². The maximum absolute atomic E-state index is 13.0. The van der Waals surface area contributed by atoms with Gasteiger partial charge in [0, 0.05) is 0 Å². The molecule has 0 saturated heterocycles. The molecule has 0 aromatic heterocycles. The molecule has 1 aromatic carbocycles. The second-order valence-electron chi connectivity index (χ2n) is 3.82. The van der Waals surface area contributed by atoms with Gasteiger partial charge in [-0.3, -0.25) is 4.79 Å². The summed E-state index contributed by atoms with van der Waals surface area (Å²) in [6.07, 6.45) is 0.764. The average Bonchev–Trinajstić information content (AvgIpc) is 2.29. The first kappa shape index (κ1) is 13.6. The Kier molecular flexibility index (Phi) is 5.63. The first-order valence-electron chi connectivity index (χ1n) is 5.75. The van der Waals surface area contributed by atoms with Gasteiger partial charge in [0.05, 0.1) is 13.2 Å². The van der Waals surface area contributed by atoms with Gasteiger partial charge in [0.25, 0.3) is 0 Å². The molecule has 0 bridgehead atoms. The van der Waals surface area contributed by atoms with E-state index in [0.717, 1.165) is 12.0 Å². The Hall–Kier alpha value is -1.42. The summed E-state index contributed by atoms with van der Waals surface area (Å²) in [4.78, 5) is 11.0. The van der Waals surface area contributed by atoms with Gasteiger partial charge < -0.3 is 10.1 Å². The number of rotatable bonds is 6. The average molecular weight is 239 g/mol. The zero-order valence-electron chi connectivity index (χ0n) is 10.3. The topological polar surface area (TPSA) is 38.3 Å². The van der Waals surface area contributed by atoms with E-state index >= 15 is 0 Å². The third-order valence-corrected chi connectivity index (χ3v) is 2.39. The molecule has 0 unspecified atom stereocenters. The number of halogens is 1. The van der Waals surface area contributed by atoms with Crippen molar-refractivity contribution in [1.82, 2.24) is 5.32 Å². The summed E-state index contributed by atoms with van der Waals surface area (Å²) in [6.45, 7) is 4.81. The second-order valence-corrected chi connectivity index (χ2v) is 3.82. The smallest absolute Gasteiger partial charge is 0.319 e. The fraction of sp³-hybridized carbons (Fsp3) is 0.462. The lowest BCUT2D eigenvalue weighted by Crippen LogP contribution is -2.26. The summed E-state index contributed by atoms with van der Waals surface area (Å²) < 4.78 is 17.8. The molecule has 3 nitrogen and oxygen atoms in total. The van der Waals surface area contributed by atoms with Crippen LogP contribution in [0.25, 0.3) is 0 Å². The zero-order valence-corrected chi connectivity index (χ0v) is 10.3. The van der Waals surface area contributed by atoms with Gasteiger partial charge in [0.1, 0.15) is 5.82 Å². The highest BCUT2D eigenvalue weighted by atomic mass is 19.1. The molecular formula is C13H18FNO2. The van der Waals surface area contributed by atoms with Gasteiger partial charge in [0.2, 0.25) is 0 Å². The van der Waals surface area contributed by atoms with Gasteiger partial charge >= 0.3 is 5.97 Å². The Balaban J connectivity index is 2.26. The molecule has 0 radical (unpaired) electrons. The Labute approximate surface area is 101 Å². The number of nitrogens with one attached hydrogen (secondary N) is 1. The maximum atomic E-state index is 13.0. The molecular weight excluding hydrogens is 221 g/mol. The minimum absolute atomic E-state index is 0.187. The third kappa shape index (κ3) is 4.95. The first-order valence-corrected chi connectivity index (χ1v) is 5.75. The minimum Gasteiger partial charge on any atom is -0.465 e. The lowest BCUT2D eigenvalue weighted by molar-refractivity contribution is -0.141. The Bertz CT molecular complexity index is 380. The molecule has 94 valence electrons. The molecule has 1 aromatic rings. The molecule has 1 rings (SSSR count). The van der Waals surface area contributed by atoms with Crippen molar-refractivity contribution in [1.29, 1.82) is 0 Å². The highest BCUT2D eigenvalue weighted by Gasteiger charge is 2.01. The van der Waals surface area contributed by atoms with E-state index in [9.17, 15) is 9.18 Å². The Morgan fingerprint density at radius 1 is 1.47 bits per heavy atom. The van der Waals surface area contributed by atoms with Crippen molar-refractivity contribution in [2.45, 2.75) is 20.3 Å². The number of carbonyl (C=O) groups is 1. The van der Waals surface area contributed by atoms with Crippen LogP contribution in [0.3, 0.4) is 0 Å². The predicted molar refractivity (Wildman–Crippen MR) is 64.3 cm³/mol. The van der Waals surface area contributed by atoms with Crippen LogP contribution < -0.4 is 5.32 Å². The molecule has 0 saturated carbocycles. The lowest BCUT2D eigenvalue weighted by atomic mass is 10.1. The summed E-state index contributed by atoms with van der Waals surface area (Å²) >= 11 is 0. The van der Waals surface area contributed by atoms with Gasteiger partial charge in [-0.25, -0.2) is 4.39 Å². The number of hydrogen-bond acceptors (Lipinski definition) is 3. The zero-order chi connectivity index (χ0) is 12.7. The van der Waals surface area contributed by atoms with Crippen LogP contribution in [0.1, 0.15) is 18.1 Å². The highest BCUT2D eigenvalue weighted by molar-refractivity contribution is 5.71. The molecule has 0 atom stereocenters. The number of ether oxygens (including phenoxy) is 1. The molecule has 17 heavy (non-hydrogen) atoms. The summed E-state index contributed by atoms with van der Waals surface area (Å²) in [5.74, 6) is -0.434. The van der Waals surface area contributed by atoms with Crippen LogP contribution >= 0.6 is 0 Å². The van der Waals surface area contributed by atoms with Gasteiger partial charge in [-0.15, -0.1) is 0 Å². The molecule has 0 aliphatic heterocycles. The number of benzene rings is 1. The highest BCUT2D eigenvalue weighted by Crippen LogP contribution is 2.09. The number of esters is 1. The van der Waals surface area contributed by atoms with Crippen LogP contribution in [0.5, 0.6) is 0 Å². The van der Waals surface area contributed by atoms with Crippen LogP contribution in [-0.4, -0.2) is 25.7 Å². The largest absolute Gasteiger partial charge is 0.465 e. The maximum Gasteiger partial charge on any atom is 0.319 e. The van der Waals surface area contributed by atoms with E-state index in [1.165, 1.54) is 6.07 Å². The number of aryl methyl sites for hydroxylation is 1. The predicted octanol–water partition coefficient (Wildman–Crippen LogP) is 1.83. The number of carbonyl (C=O) groups excluding carboxylic acids is 1. The fourth-order valence-corrected chi connectivity index (χ4v) is 1.50. The summed E-state index contributed by atoms with van der Waals surface area (Å²) in [6, 6.07) is 5.05. The number of hydrogen-bond donors (Lipinski definition) is 1. The van der Waals surface area contributed by atoms with Crippen molar-refractivity contribution >= 4 is 5.97 Å². The van der Waals surface area contributed by atoms with E-state index in [0.29, 0.717) is 18.7 Å². The molecule has 4 heteroatoms. The molecule has 1 N–H and O–H groups in total. The second kappa shape index (κ2) is 7.01. The van der Waals surface area contributed by atoms with Crippen LogP contribution in [-0.2, 0) is 16.0 Å². The van der Waals surface area contributed by atoms with Gasteiger partial charge in [-0.1, -0.05) is 12.1 Å². The van der Waals surface area contributed by atoms with Gasteiger partial charge in [-0.2, -0.15) is 0 Å². The van der Waals surface area contributed by atoms with Crippen LogP contribution in [0.2, 0.25) is 0 Å². The van der Waals surface area contributed by atoms with E-state index < -0.39 is 0 Å². The Morgan fingerprint density at radius 3 is 2.88 bits per heavy atom. The first-order chi connectivity index (χ1) is 8.13. The van der Waals surface area contributed by atoms with Crippen molar-refractivity contribution in [2.75, 3.05) is 19.7 Å². The third-order valence-electron chi connectivity index (χ3n) is 2.39. The van der Waals surface area contributed by atoms with Crippen LogP contribution in [0, 0.1) is 12.7 Å². The van der Waals surface area contributed by atoms with E-state index in [4.69, 9.17) is 4.74 Å². The normalized spacial score (nSPS) is 10.3. The van der Waals surface area contributed by atoms with E-state index in [1.807, 2.05) is 6.07 Å². The minimum atomic E-state index is -0.247. The van der Waals surface area contributed by atoms with Crippen LogP contribution in [0.4, 0.5) is 4.39 Å². The SMILES string of the molecule is CCOC(=O)CNCCc1ccc(F)c(C)c1. The van der Waals surface area contributed by atoms with Gasteiger partial charge in [0.15, 0.2) is 0 Å². The molecule has 0 fully saturated rings. The molecule has 0 aliphatic rings. The van der Waals surface area contributed by atoms with Crippen molar-refractivity contribution < 1.29 is 13.9 Å². The molecule has 0 heterocycles. The monoisotopic (exact) mass is 239 g/mol. The van der Waals surface area contributed by atoms with Crippen molar-refractivity contribution in [3.63, 3.8) is 0 Å². The molecule has 0 spiro atoms. The summed E-state index contributed by atoms with van der Waals surface area (Å²) in [5.41, 5.74) is 1.70. The summed E-state index contributed by atoms with van der Waals surface area (Å²) in [5, 5.41) is 2.98. The summed E-state index contributed by atoms with van der Waals surface area (Å²) in [7, 11) is 0. The van der Waals surface area contributed by atoms with E-state index in [1.54, 1.807) is 19.9 Å². The van der Waals surface area contributed by atoms with Crippen LogP contribution in [0.15, 0.2) is 18.2 Å². The van der Waals surface area contributed by atoms with E-state index in [-0.39, 0.29) is 18.3 Å². The molecule has 0 aliphatic carbocycles. The standard InChI is InChI=1S/C13H18FNO2/c1-3-17-13(16)9-15-7-6-11-4-5-12(14)10(2)8-11/h4-5,8,15H,3,6-7,9H2,1-2H3. The fourth-order valence-electron chi connectivity index (χ4n) is 1.50. The van der Waals surface area contributed by atoms with Crippen molar-refractivity contribution in [2.24, 2.45) is 0 Å². The van der Waals surface area contributed by atoms with Crippen molar-refractivity contribution in [3.05, 3.63) is 35.1 Å².